The first kappa shape index (κ1) is 17.0. The second-order valence-electron chi connectivity index (χ2n) is 5.75. The number of nitrogens with zero attached hydrogens (tertiary/aromatic N) is 2. The standard InChI is InChI=1S/C16H24N2O3S/c1-3-17(11-15(19)20)13-6-8-18(9-7-13)16(21)12(2)14-5-4-10-22-14/h4-5,10,12-13H,3,6-9,11H2,1-2H3,(H,19,20). The van der Waals surface area contributed by atoms with Crippen molar-refractivity contribution in [1.82, 2.24) is 9.80 Å². The molecule has 0 spiro atoms. The lowest BCUT2D eigenvalue weighted by molar-refractivity contribution is -0.140. The van der Waals surface area contributed by atoms with Gasteiger partial charge < -0.3 is 10.0 Å². The molecule has 6 heteroatoms. The minimum Gasteiger partial charge on any atom is -0.480 e. The van der Waals surface area contributed by atoms with E-state index in [-0.39, 0.29) is 24.4 Å². The summed E-state index contributed by atoms with van der Waals surface area (Å²) in [5, 5.41) is 11.0. The molecule has 0 bridgehead atoms. The van der Waals surface area contributed by atoms with Gasteiger partial charge in [0.15, 0.2) is 0 Å². The summed E-state index contributed by atoms with van der Waals surface area (Å²) in [6.07, 6.45) is 1.70. The van der Waals surface area contributed by atoms with Gasteiger partial charge in [0.05, 0.1) is 12.5 Å². The maximum atomic E-state index is 12.5. The summed E-state index contributed by atoms with van der Waals surface area (Å²) in [7, 11) is 0. The van der Waals surface area contributed by atoms with Crippen molar-refractivity contribution in [1.29, 1.82) is 0 Å². The Balaban J connectivity index is 1.88. The van der Waals surface area contributed by atoms with E-state index in [9.17, 15) is 9.59 Å². The fourth-order valence-corrected chi connectivity index (χ4v) is 3.83. The van der Waals surface area contributed by atoms with Crippen LogP contribution in [0.5, 0.6) is 0 Å². The maximum Gasteiger partial charge on any atom is 0.317 e. The number of hydrogen-bond donors (Lipinski definition) is 1. The van der Waals surface area contributed by atoms with Gasteiger partial charge in [-0.25, -0.2) is 0 Å². The molecule has 1 aliphatic rings. The molecule has 0 aliphatic carbocycles. The highest BCUT2D eigenvalue weighted by molar-refractivity contribution is 7.10. The third kappa shape index (κ3) is 4.08. The largest absolute Gasteiger partial charge is 0.480 e. The molecule has 1 aliphatic heterocycles. The van der Waals surface area contributed by atoms with E-state index in [1.54, 1.807) is 11.3 Å². The number of carbonyl (C=O) groups excluding carboxylic acids is 1. The van der Waals surface area contributed by atoms with E-state index in [0.29, 0.717) is 0 Å². The topological polar surface area (TPSA) is 60.9 Å². The number of carboxylic acid groups (broad SMARTS) is 1. The van der Waals surface area contributed by atoms with Crippen molar-refractivity contribution in [3.8, 4) is 0 Å². The van der Waals surface area contributed by atoms with Crippen molar-refractivity contribution in [2.45, 2.75) is 38.6 Å². The maximum absolute atomic E-state index is 12.5. The summed E-state index contributed by atoms with van der Waals surface area (Å²) in [4.78, 5) is 28.5. The molecule has 2 heterocycles. The van der Waals surface area contributed by atoms with Crippen molar-refractivity contribution >= 4 is 23.2 Å². The second-order valence-corrected chi connectivity index (χ2v) is 6.73. The number of likely N-dealkylation sites (tertiary alicyclic amines) is 1. The summed E-state index contributed by atoms with van der Waals surface area (Å²) in [5.41, 5.74) is 0. The molecule has 0 radical (unpaired) electrons. The van der Waals surface area contributed by atoms with Crippen LogP contribution in [0.25, 0.3) is 0 Å². The van der Waals surface area contributed by atoms with E-state index < -0.39 is 5.97 Å². The van der Waals surface area contributed by atoms with E-state index in [0.717, 1.165) is 37.4 Å². The quantitative estimate of drug-likeness (QED) is 0.872. The van der Waals surface area contributed by atoms with Crippen LogP contribution in [-0.4, -0.2) is 59.0 Å². The number of carboxylic acids is 1. The Morgan fingerprint density at radius 2 is 2.14 bits per heavy atom. The van der Waals surface area contributed by atoms with E-state index in [2.05, 4.69) is 0 Å². The molecule has 2 rings (SSSR count). The van der Waals surface area contributed by atoms with E-state index in [4.69, 9.17) is 5.11 Å². The summed E-state index contributed by atoms with van der Waals surface area (Å²) in [5.74, 6) is -0.688. The molecular weight excluding hydrogens is 300 g/mol. The summed E-state index contributed by atoms with van der Waals surface area (Å²) >= 11 is 1.62. The molecule has 0 saturated carbocycles. The van der Waals surface area contributed by atoms with Crippen molar-refractivity contribution < 1.29 is 14.7 Å². The van der Waals surface area contributed by atoms with Gasteiger partial charge in [0, 0.05) is 24.0 Å². The summed E-state index contributed by atoms with van der Waals surface area (Å²) < 4.78 is 0. The van der Waals surface area contributed by atoms with E-state index in [1.807, 2.05) is 41.2 Å². The molecule has 0 aromatic carbocycles. The number of carbonyl (C=O) groups is 2. The van der Waals surface area contributed by atoms with Crippen LogP contribution in [0, 0.1) is 0 Å². The Kier molecular flexibility index (Phi) is 5.97. The van der Waals surface area contributed by atoms with Crippen molar-refractivity contribution in [2.24, 2.45) is 0 Å². The molecule has 1 unspecified atom stereocenters. The fourth-order valence-electron chi connectivity index (χ4n) is 3.06. The van der Waals surface area contributed by atoms with Crippen LogP contribution in [-0.2, 0) is 9.59 Å². The molecule has 1 N–H and O–H groups in total. The molecule has 122 valence electrons. The Bertz CT molecular complexity index is 495. The fraction of sp³-hybridized carbons (Fsp3) is 0.625. The average molecular weight is 324 g/mol. The zero-order valence-corrected chi connectivity index (χ0v) is 14.0. The van der Waals surface area contributed by atoms with Crippen LogP contribution in [0.4, 0.5) is 0 Å². The molecule has 22 heavy (non-hydrogen) atoms. The highest BCUT2D eigenvalue weighted by Crippen LogP contribution is 2.25. The van der Waals surface area contributed by atoms with Crippen LogP contribution in [0.1, 0.15) is 37.5 Å². The molecule has 1 saturated heterocycles. The molecule has 1 aromatic rings. The van der Waals surface area contributed by atoms with Crippen molar-refractivity contribution in [3.63, 3.8) is 0 Å². The van der Waals surface area contributed by atoms with Crippen LogP contribution in [0.15, 0.2) is 17.5 Å². The van der Waals surface area contributed by atoms with Crippen LogP contribution in [0.3, 0.4) is 0 Å². The second kappa shape index (κ2) is 7.74. The van der Waals surface area contributed by atoms with Gasteiger partial charge in [-0.3, -0.25) is 14.5 Å². The molecule has 1 aromatic heterocycles. The average Bonchev–Trinajstić information content (AvgIpc) is 3.05. The van der Waals surface area contributed by atoms with Gasteiger partial charge in [-0.15, -0.1) is 11.3 Å². The Hall–Kier alpha value is -1.40. The van der Waals surface area contributed by atoms with Crippen LogP contribution < -0.4 is 0 Å². The highest BCUT2D eigenvalue weighted by Gasteiger charge is 2.29. The summed E-state index contributed by atoms with van der Waals surface area (Å²) in [6.45, 7) is 6.20. The first-order valence-corrected chi connectivity index (χ1v) is 8.69. The SMILES string of the molecule is CCN(CC(=O)O)C1CCN(C(=O)C(C)c2cccs2)CC1. The van der Waals surface area contributed by atoms with Crippen molar-refractivity contribution in [3.05, 3.63) is 22.4 Å². The van der Waals surface area contributed by atoms with Crippen LogP contribution in [0.2, 0.25) is 0 Å². The number of piperidine rings is 1. The first-order chi connectivity index (χ1) is 10.5. The molecule has 1 amide bonds. The smallest absolute Gasteiger partial charge is 0.317 e. The Labute approximate surface area is 135 Å². The van der Waals surface area contributed by atoms with E-state index >= 15 is 0 Å². The summed E-state index contributed by atoms with van der Waals surface area (Å²) in [6, 6.07) is 4.24. The van der Waals surface area contributed by atoms with Gasteiger partial charge in [-0.1, -0.05) is 13.0 Å². The molecule has 1 fully saturated rings. The molecular formula is C16H24N2O3S. The predicted octanol–water partition coefficient (Wildman–Crippen LogP) is 2.25. The van der Waals surface area contributed by atoms with Gasteiger partial charge in [-0.2, -0.15) is 0 Å². The number of thiophene rings is 1. The zero-order chi connectivity index (χ0) is 16.1. The minimum absolute atomic E-state index is 0.0840. The normalized spacial score (nSPS) is 17.7. The predicted molar refractivity (Wildman–Crippen MR) is 87.2 cm³/mol. The van der Waals surface area contributed by atoms with Crippen molar-refractivity contribution in [2.75, 3.05) is 26.2 Å². The lowest BCUT2D eigenvalue weighted by Crippen LogP contribution is -2.48. The van der Waals surface area contributed by atoms with Gasteiger partial charge >= 0.3 is 5.97 Å². The minimum atomic E-state index is -0.785. The highest BCUT2D eigenvalue weighted by atomic mass is 32.1. The van der Waals surface area contributed by atoms with Gasteiger partial charge in [0.2, 0.25) is 5.91 Å². The first-order valence-electron chi connectivity index (χ1n) is 7.81. The number of rotatable bonds is 6. The number of hydrogen-bond acceptors (Lipinski definition) is 4. The number of likely N-dealkylation sites (N-methyl/N-ethyl adjacent to an activating group) is 1. The van der Waals surface area contributed by atoms with E-state index in [1.165, 1.54) is 0 Å². The zero-order valence-electron chi connectivity index (χ0n) is 13.2. The third-order valence-corrected chi connectivity index (χ3v) is 5.43. The van der Waals surface area contributed by atoms with Gasteiger partial charge in [0.1, 0.15) is 0 Å². The van der Waals surface area contributed by atoms with Gasteiger partial charge in [-0.05, 0) is 37.8 Å². The molecule has 5 nitrogen and oxygen atoms in total. The molecule has 1 atom stereocenters. The Morgan fingerprint density at radius 1 is 1.45 bits per heavy atom. The van der Waals surface area contributed by atoms with Crippen LogP contribution >= 0.6 is 11.3 Å². The van der Waals surface area contributed by atoms with Gasteiger partial charge in [0.25, 0.3) is 0 Å². The monoisotopic (exact) mass is 324 g/mol. The Morgan fingerprint density at radius 3 is 2.64 bits per heavy atom. The number of amides is 1. The number of aliphatic carboxylic acids is 1. The lowest BCUT2D eigenvalue weighted by Gasteiger charge is -2.38. The lowest BCUT2D eigenvalue weighted by atomic mass is 10.0. The third-order valence-electron chi connectivity index (χ3n) is 4.38.